The number of thioether (sulfide) groups is 1. The van der Waals surface area contributed by atoms with Gasteiger partial charge in [0.25, 0.3) is 5.91 Å². The zero-order valence-electron chi connectivity index (χ0n) is 19.3. The number of rotatable bonds is 5. The fourth-order valence-electron chi connectivity index (χ4n) is 4.43. The molecule has 2 aromatic rings. The van der Waals surface area contributed by atoms with E-state index in [0.717, 1.165) is 16.8 Å². The number of carbonyl (C=O) groups excluding carboxylic acids is 2. The number of benzene rings is 2. The number of methoxy groups -OCH3 is 2. The number of anilines is 1. The third-order valence-corrected chi connectivity index (χ3v) is 7.55. The molecule has 0 aromatic heterocycles. The van der Waals surface area contributed by atoms with Crippen molar-refractivity contribution in [3.05, 3.63) is 59.2 Å². The number of fused-ring (bicyclic) bond motifs is 2. The second kappa shape index (κ2) is 8.45. The molecule has 4 rings (SSSR count). The van der Waals surface area contributed by atoms with Crippen LogP contribution in [0.15, 0.2) is 42.5 Å². The third-order valence-electron chi connectivity index (χ3n) is 6.13. The Hall–Kier alpha value is -2.51. The van der Waals surface area contributed by atoms with Gasteiger partial charge in [-0.05, 0) is 34.7 Å². The molecule has 0 radical (unpaired) electrons. The Balaban J connectivity index is 1.74. The van der Waals surface area contributed by atoms with Crippen molar-refractivity contribution >= 4 is 29.3 Å². The summed E-state index contributed by atoms with van der Waals surface area (Å²) >= 11 is 1.51. The maximum Gasteiger partial charge on any atom is 0.268 e. The summed E-state index contributed by atoms with van der Waals surface area (Å²) in [5.74, 6) is 1.08. The summed E-state index contributed by atoms with van der Waals surface area (Å²) in [6, 6.07) is 14.1. The fraction of sp³-hybridized carbons (Fsp3) is 0.440. The summed E-state index contributed by atoms with van der Waals surface area (Å²) in [4.78, 5) is 29.3. The molecule has 0 unspecified atom stereocenters. The highest BCUT2D eigenvalue weighted by molar-refractivity contribution is 8.01. The molecule has 0 bridgehead atoms. The molecule has 1 atom stereocenters. The highest BCUT2D eigenvalue weighted by Crippen LogP contribution is 2.55. The van der Waals surface area contributed by atoms with Crippen LogP contribution in [0.3, 0.4) is 0 Å². The first kappa shape index (κ1) is 22.7. The number of nitrogens with zero attached hydrogens (tertiary/aromatic N) is 2. The van der Waals surface area contributed by atoms with Gasteiger partial charge >= 0.3 is 0 Å². The number of ether oxygens (including phenoxy) is 2. The summed E-state index contributed by atoms with van der Waals surface area (Å²) in [5.41, 5.74) is 3.99. The number of amides is 2. The first-order chi connectivity index (χ1) is 15.2. The van der Waals surface area contributed by atoms with E-state index in [4.69, 9.17) is 9.47 Å². The molecule has 0 N–H and O–H groups in total. The Morgan fingerprint density at radius 1 is 1.12 bits per heavy atom. The lowest BCUT2D eigenvalue weighted by Gasteiger charge is -2.33. The lowest BCUT2D eigenvalue weighted by molar-refractivity contribution is -0.143. The molecule has 0 saturated carbocycles. The summed E-state index contributed by atoms with van der Waals surface area (Å²) < 4.78 is 10.5. The van der Waals surface area contributed by atoms with Crippen LogP contribution in [0, 0.1) is 0 Å². The van der Waals surface area contributed by atoms with Gasteiger partial charge in [-0.1, -0.05) is 45.0 Å². The highest BCUT2D eigenvalue weighted by atomic mass is 32.2. The van der Waals surface area contributed by atoms with E-state index in [9.17, 15) is 9.59 Å². The molecule has 2 heterocycles. The van der Waals surface area contributed by atoms with Crippen molar-refractivity contribution in [1.82, 2.24) is 4.90 Å². The summed E-state index contributed by atoms with van der Waals surface area (Å²) in [6.45, 7) is 7.44. The molecule has 32 heavy (non-hydrogen) atoms. The standard InChI is InChI=1S/C25H30N2O4S/c1-24(2,3)18-8-6-17(7-9-18)15-26-21-11-10-19(31-5)14-20(21)25(23(26)29)27(12-13-32-25)22(28)16-30-4/h6-11,14H,12-13,15-16H2,1-5H3/t25-/m0/s1. The molecule has 2 aliphatic rings. The SMILES string of the molecule is COCC(=O)N1CCS[C@@]12C(=O)N(Cc1ccc(C(C)(C)C)cc1)c1ccc(OC)cc12. The molecular formula is C25H30N2O4S. The van der Waals surface area contributed by atoms with Gasteiger partial charge in [0.2, 0.25) is 5.91 Å². The van der Waals surface area contributed by atoms with Crippen LogP contribution in [0.25, 0.3) is 0 Å². The Morgan fingerprint density at radius 2 is 1.84 bits per heavy atom. The maximum atomic E-state index is 14.0. The zero-order valence-corrected chi connectivity index (χ0v) is 20.1. The van der Waals surface area contributed by atoms with Crippen LogP contribution in [0.1, 0.15) is 37.5 Å². The minimum atomic E-state index is -1.08. The Kier molecular flexibility index (Phi) is 5.98. The van der Waals surface area contributed by atoms with E-state index in [1.54, 1.807) is 16.9 Å². The van der Waals surface area contributed by atoms with Gasteiger partial charge in [-0.15, -0.1) is 11.8 Å². The van der Waals surface area contributed by atoms with Gasteiger partial charge in [-0.3, -0.25) is 9.59 Å². The van der Waals surface area contributed by atoms with E-state index in [1.165, 1.54) is 24.4 Å². The fourth-order valence-corrected chi connectivity index (χ4v) is 5.90. The molecule has 6 nitrogen and oxygen atoms in total. The molecule has 0 aliphatic carbocycles. The van der Waals surface area contributed by atoms with E-state index in [0.29, 0.717) is 24.6 Å². The third kappa shape index (κ3) is 3.67. The Bertz CT molecular complexity index is 1030. The molecule has 1 fully saturated rings. The van der Waals surface area contributed by atoms with Crippen molar-refractivity contribution < 1.29 is 19.1 Å². The minimum Gasteiger partial charge on any atom is -0.497 e. The lowest BCUT2D eigenvalue weighted by atomic mass is 9.87. The lowest BCUT2D eigenvalue weighted by Crippen LogP contribution is -2.51. The second-order valence-corrected chi connectivity index (χ2v) is 10.5. The molecule has 1 saturated heterocycles. The summed E-state index contributed by atoms with van der Waals surface area (Å²) in [7, 11) is 3.10. The van der Waals surface area contributed by atoms with Crippen molar-refractivity contribution in [2.45, 2.75) is 37.6 Å². The quantitative estimate of drug-likeness (QED) is 0.686. The molecule has 2 aliphatic heterocycles. The Morgan fingerprint density at radius 3 is 2.47 bits per heavy atom. The van der Waals surface area contributed by atoms with Crippen molar-refractivity contribution in [2.75, 3.05) is 38.0 Å². The van der Waals surface area contributed by atoms with E-state index in [2.05, 4.69) is 45.0 Å². The van der Waals surface area contributed by atoms with Crippen molar-refractivity contribution in [1.29, 1.82) is 0 Å². The van der Waals surface area contributed by atoms with Crippen LogP contribution >= 0.6 is 11.8 Å². The van der Waals surface area contributed by atoms with Gasteiger partial charge in [0, 0.05) is 25.0 Å². The second-order valence-electron chi connectivity index (χ2n) is 9.19. The summed E-state index contributed by atoms with van der Waals surface area (Å²) in [5, 5.41) is 0. The average molecular weight is 455 g/mol. The van der Waals surface area contributed by atoms with Gasteiger partial charge in [0.1, 0.15) is 12.4 Å². The zero-order chi connectivity index (χ0) is 23.1. The maximum absolute atomic E-state index is 14.0. The normalized spacial score (nSPS) is 20.2. The molecule has 7 heteroatoms. The predicted octanol–water partition coefficient (Wildman–Crippen LogP) is 3.91. The van der Waals surface area contributed by atoms with Gasteiger partial charge < -0.3 is 19.3 Å². The van der Waals surface area contributed by atoms with Crippen molar-refractivity contribution in [2.24, 2.45) is 0 Å². The molecule has 1 spiro atoms. The summed E-state index contributed by atoms with van der Waals surface area (Å²) in [6.07, 6.45) is 0. The monoisotopic (exact) mass is 454 g/mol. The number of carbonyl (C=O) groups is 2. The molecule has 2 aromatic carbocycles. The molecule has 170 valence electrons. The smallest absolute Gasteiger partial charge is 0.268 e. The predicted molar refractivity (Wildman–Crippen MR) is 127 cm³/mol. The molecular weight excluding hydrogens is 424 g/mol. The van der Waals surface area contributed by atoms with Gasteiger partial charge in [-0.2, -0.15) is 0 Å². The highest BCUT2D eigenvalue weighted by Gasteiger charge is 2.59. The van der Waals surface area contributed by atoms with Crippen molar-refractivity contribution in [3.8, 4) is 5.75 Å². The van der Waals surface area contributed by atoms with Crippen LogP contribution in [0.5, 0.6) is 5.75 Å². The van der Waals surface area contributed by atoms with Crippen molar-refractivity contribution in [3.63, 3.8) is 0 Å². The van der Waals surface area contributed by atoms with E-state index < -0.39 is 4.87 Å². The van der Waals surface area contributed by atoms with E-state index in [1.807, 2.05) is 18.2 Å². The average Bonchev–Trinajstić information content (AvgIpc) is 3.31. The molecule has 2 amide bonds. The van der Waals surface area contributed by atoms with E-state index >= 15 is 0 Å². The first-order valence-corrected chi connectivity index (χ1v) is 11.7. The van der Waals surface area contributed by atoms with Gasteiger partial charge in [0.05, 0.1) is 19.3 Å². The van der Waals surface area contributed by atoms with Gasteiger partial charge in [0.15, 0.2) is 4.87 Å². The minimum absolute atomic E-state index is 0.0524. The van der Waals surface area contributed by atoms with Gasteiger partial charge in [-0.25, -0.2) is 0 Å². The van der Waals surface area contributed by atoms with Crippen LogP contribution in [-0.2, 0) is 31.2 Å². The largest absolute Gasteiger partial charge is 0.497 e. The topological polar surface area (TPSA) is 59.1 Å². The Labute approximate surface area is 193 Å². The number of hydrogen-bond donors (Lipinski definition) is 0. The van der Waals surface area contributed by atoms with E-state index in [-0.39, 0.29) is 23.8 Å². The van der Waals surface area contributed by atoms with Crippen LogP contribution < -0.4 is 9.64 Å². The first-order valence-electron chi connectivity index (χ1n) is 10.8. The van der Waals surface area contributed by atoms with Crippen LogP contribution in [-0.4, -0.2) is 49.8 Å². The van der Waals surface area contributed by atoms with Crippen LogP contribution in [0.4, 0.5) is 5.69 Å². The van der Waals surface area contributed by atoms with Crippen LogP contribution in [0.2, 0.25) is 0 Å². The number of hydrogen-bond acceptors (Lipinski definition) is 5.